The summed E-state index contributed by atoms with van der Waals surface area (Å²) in [4.78, 5) is 5.06. The lowest BCUT2D eigenvalue weighted by Crippen LogP contribution is -1.86. The molecule has 0 amide bonds. The molecule has 60 valence electrons. The molecule has 0 spiro atoms. The average molecular weight is 208 g/mol. The van der Waals surface area contributed by atoms with Crippen LogP contribution in [0.25, 0.3) is 0 Å². The fourth-order valence-corrected chi connectivity index (χ4v) is 2.19. The lowest BCUT2D eigenvalue weighted by molar-refractivity contribution is 1.12. The van der Waals surface area contributed by atoms with Crippen LogP contribution < -0.4 is 0 Å². The molecule has 0 saturated carbocycles. The molecule has 0 bridgehead atoms. The number of halogens is 2. The van der Waals surface area contributed by atoms with E-state index in [1.807, 2.05) is 13.2 Å². The van der Waals surface area contributed by atoms with Gasteiger partial charge in [0.15, 0.2) is 0 Å². The first-order chi connectivity index (χ1) is 5.15. The van der Waals surface area contributed by atoms with Crippen molar-refractivity contribution >= 4 is 35.0 Å². The molecule has 1 aromatic rings. The summed E-state index contributed by atoms with van der Waals surface area (Å²) in [5.74, 6) is 0. The van der Waals surface area contributed by atoms with Gasteiger partial charge in [-0.2, -0.15) is 0 Å². The Morgan fingerprint density at radius 3 is 2.55 bits per heavy atom. The maximum absolute atomic E-state index is 5.89. The van der Waals surface area contributed by atoms with Gasteiger partial charge in [-0.3, -0.25) is 0 Å². The van der Waals surface area contributed by atoms with E-state index in [9.17, 15) is 0 Å². The van der Waals surface area contributed by atoms with Gasteiger partial charge in [-0.25, -0.2) is 4.98 Å². The van der Waals surface area contributed by atoms with Gasteiger partial charge in [0.25, 0.3) is 0 Å². The monoisotopic (exact) mass is 207 g/mol. The number of thioether (sulfide) groups is 1. The Hall–Kier alpha value is 0.0800. The molecule has 0 radical (unpaired) electrons. The SMILES string of the molecule is CSc1c(Cl)cc(Cl)nc1C. The van der Waals surface area contributed by atoms with Crippen LogP contribution in [0.5, 0.6) is 0 Å². The first-order valence-electron chi connectivity index (χ1n) is 3.01. The van der Waals surface area contributed by atoms with Crippen LogP contribution in [-0.4, -0.2) is 11.2 Å². The molecule has 1 rings (SSSR count). The van der Waals surface area contributed by atoms with Gasteiger partial charge in [0, 0.05) is 4.90 Å². The van der Waals surface area contributed by atoms with E-state index in [1.165, 1.54) is 0 Å². The molecule has 1 aromatic heterocycles. The fraction of sp³-hybridized carbons (Fsp3) is 0.286. The van der Waals surface area contributed by atoms with Crippen molar-refractivity contribution in [3.05, 3.63) is 21.9 Å². The number of hydrogen-bond donors (Lipinski definition) is 0. The van der Waals surface area contributed by atoms with Crippen molar-refractivity contribution in [2.24, 2.45) is 0 Å². The number of rotatable bonds is 1. The maximum Gasteiger partial charge on any atom is 0.130 e. The summed E-state index contributed by atoms with van der Waals surface area (Å²) >= 11 is 13.1. The molecule has 0 atom stereocenters. The van der Waals surface area contributed by atoms with E-state index in [2.05, 4.69) is 4.98 Å². The third-order valence-corrected chi connectivity index (χ3v) is 2.80. The Bertz CT molecular complexity index is 252. The van der Waals surface area contributed by atoms with Gasteiger partial charge in [-0.05, 0) is 19.2 Å². The minimum absolute atomic E-state index is 0.449. The van der Waals surface area contributed by atoms with Crippen molar-refractivity contribution in [2.75, 3.05) is 6.26 Å². The first kappa shape index (κ1) is 9.17. The molecule has 11 heavy (non-hydrogen) atoms. The molecule has 0 N–H and O–H groups in total. The van der Waals surface area contributed by atoms with Crippen LogP contribution in [0, 0.1) is 6.92 Å². The number of aryl methyl sites for hydroxylation is 1. The molecule has 0 unspecified atom stereocenters. The molecular formula is C7H7Cl2NS. The van der Waals surface area contributed by atoms with E-state index in [0.29, 0.717) is 10.2 Å². The zero-order valence-corrected chi connectivity index (χ0v) is 8.52. The molecule has 0 aliphatic heterocycles. The molecule has 4 heteroatoms. The lowest BCUT2D eigenvalue weighted by atomic mass is 10.4. The molecular weight excluding hydrogens is 201 g/mol. The highest BCUT2D eigenvalue weighted by Gasteiger charge is 2.04. The van der Waals surface area contributed by atoms with Crippen molar-refractivity contribution in [3.63, 3.8) is 0 Å². The van der Waals surface area contributed by atoms with Gasteiger partial charge in [0.05, 0.1) is 10.7 Å². The second kappa shape index (κ2) is 3.65. The van der Waals surface area contributed by atoms with Crippen LogP contribution in [-0.2, 0) is 0 Å². The first-order valence-corrected chi connectivity index (χ1v) is 5.00. The zero-order valence-electron chi connectivity index (χ0n) is 6.19. The van der Waals surface area contributed by atoms with Crippen LogP contribution in [0.4, 0.5) is 0 Å². The van der Waals surface area contributed by atoms with E-state index >= 15 is 0 Å². The molecule has 0 fully saturated rings. The molecule has 0 aromatic carbocycles. The normalized spacial score (nSPS) is 10.2. The zero-order chi connectivity index (χ0) is 8.43. The Kier molecular flexibility index (Phi) is 3.05. The Balaban J connectivity index is 3.25. The fourth-order valence-electron chi connectivity index (χ4n) is 0.831. The quantitative estimate of drug-likeness (QED) is 0.518. The second-order valence-corrected chi connectivity index (χ2v) is 3.66. The van der Waals surface area contributed by atoms with Crippen molar-refractivity contribution in [1.29, 1.82) is 0 Å². The van der Waals surface area contributed by atoms with Gasteiger partial charge in [0.1, 0.15) is 5.15 Å². The van der Waals surface area contributed by atoms with Gasteiger partial charge in [0.2, 0.25) is 0 Å². The van der Waals surface area contributed by atoms with Crippen LogP contribution in [0.1, 0.15) is 5.69 Å². The van der Waals surface area contributed by atoms with E-state index in [-0.39, 0.29) is 0 Å². The van der Waals surface area contributed by atoms with Crippen LogP contribution in [0.2, 0.25) is 10.2 Å². The number of hydrogen-bond acceptors (Lipinski definition) is 2. The molecule has 0 aliphatic rings. The van der Waals surface area contributed by atoms with E-state index in [4.69, 9.17) is 23.2 Å². The van der Waals surface area contributed by atoms with Gasteiger partial charge < -0.3 is 0 Å². The van der Waals surface area contributed by atoms with Gasteiger partial charge >= 0.3 is 0 Å². The maximum atomic E-state index is 5.89. The summed E-state index contributed by atoms with van der Waals surface area (Å²) in [5.41, 5.74) is 0.884. The predicted octanol–water partition coefficient (Wildman–Crippen LogP) is 3.42. The average Bonchev–Trinajstić information content (AvgIpc) is 1.85. The van der Waals surface area contributed by atoms with Crippen molar-refractivity contribution in [1.82, 2.24) is 4.98 Å². The van der Waals surface area contributed by atoms with E-state index < -0.39 is 0 Å². The van der Waals surface area contributed by atoms with Crippen molar-refractivity contribution < 1.29 is 0 Å². The summed E-state index contributed by atoms with van der Waals surface area (Å²) in [5, 5.41) is 1.13. The van der Waals surface area contributed by atoms with Crippen LogP contribution in [0.15, 0.2) is 11.0 Å². The Morgan fingerprint density at radius 2 is 2.09 bits per heavy atom. The minimum Gasteiger partial charge on any atom is -0.240 e. The lowest BCUT2D eigenvalue weighted by Gasteiger charge is -2.03. The molecule has 0 aliphatic carbocycles. The number of nitrogens with zero attached hydrogens (tertiary/aromatic N) is 1. The standard InChI is InChI=1S/C7H7Cl2NS/c1-4-7(11-2)5(8)3-6(9)10-4/h3H,1-2H3. The van der Waals surface area contributed by atoms with Gasteiger partial charge in [-0.1, -0.05) is 23.2 Å². The molecule has 0 saturated heterocycles. The molecule has 1 heterocycles. The largest absolute Gasteiger partial charge is 0.240 e. The predicted molar refractivity (Wildman–Crippen MR) is 50.8 cm³/mol. The third-order valence-electron chi connectivity index (χ3n) is 1.27. The van der Waals surface area contributed by atoms with Crippen LogP contribution in [0.3, 0.4) is 0 Å². The van der Waals surface area contributed by atoms with Crippen LogP contribution >= 0.6 is 35.0 Å². The van der Waals surface area contributed by atoms with E-state index in [1.54, 1.807) is 17.8 Å². The summed E-state index contributed by atoms with van der Waals surface area (Å²) in [6.45, 7) is 1.89. The van der Waals surface area contributed by atoms with Gasteiger partial charge in [-0.15, -0.1) is 11.8 Å². The second-order valence-electron chi connectivity index (χ2n) is 2.05. The van der Waals surface area contributed by atoms with E-state index in [0.717, 1.165) is 10.6 Å². The highest BCUT2D eigenvalue weighted by atomic mass is 35.5. The minimum atomic E-state index is 0.449. The Morgan fingerprint density at radius 1 is 1.45 bits per heavy atom. The highest BCUT2D eigenvalue weighted by molar-refractivity contribution is 7.98. The Labute approximate surface area is 80.1 Å². The smallest absolute Gasteiger partial charge is 0.130 e. The summed E-state index contributed by atoms with van der Waals surface area (Å²) < 4.78 is 0. The van der Waals surface area contributed by atoms with Crippen molar-refractivity contribution in [3.8, 4) is 0 Å². The number of aromatic nitrogens is 1. The highest BCUT2D eigenvalue weighted by Crippen LogP contribution is 2.29. The van der Waals surface area contributed by atoms with Crippen molar-refractivity contribution in [2.45, 2.75) is 11.8 Å². The topological polar surface area (TPSA) is 12.9 Å². The molecule has 1 nitrogen and oxygen atoms in total. The third kappa shape index (κ3) is 2.01. The summed E-state index contributed by atoms with van der Waals surface area (Å²) in [7, 11) is 0. The number of pyridine rings is 1. The summed E-state index contributed by atoms with van der Waals surface area (Å²) in [6, 6.07) is 1.65. The summed E-state index contributed by atoms with van der Waals surface area (Å²) in [6.07, 6.45) is 1.96.